The zero-order chi connectivity index (χ0) is 15.4. The molecule has 0 spiro atoms. The van der Waals surface area contributed by atoms with Gasteiger partial charge < -0.3 is 14.6 Å². The summed E-state index contributed by atoms with van der Waals surface area (Å²) in [5.74, 6) is 0.606. The van der Waals surface area contributed by atoms with E-state index in [1.807, 2.05) is 17.2 Å². The first-order valence-corrected chi connectivity index (χ1v) is 7.61. The van der Waals surface area contributed by atoms with Gasteiger partial charge in [0.2, 0.25) is 5.91 Å². The number of nitrogens with zero attached hydrogens (tertiary/aromatic N) is 2. The van der Waals surface area contributed by atoms with E-state index in [0.29, 0.717) is 25.5 Å². The van der Waals surface area contributed by atoms with Crippen molar-refractivity contribution in [1.29, 1.82) is 0 Å². The monoisotopic (exact) mass is 299 g/mol. The third-order valence-electron chi connectivity index (χ3n) is 4.17. The van der Waals surface area contributed by atoms with Crippen LogP contribution in [0.2, 0.25) is 0 Å². The van der Waals surface area contributed by atoms with Gasteiger partial charge in [0.15, 0.2) is 0 Å². The third kappa shape index (κ3) is 3.20. The van der Waals surface area contributed by atoms with E-state index < -0.39 is 0 Å². The number of hydrogen-bond acceptors (Lipinski definition) is 3. The molecule has 1 aliphatic rings. The highest BCUT2D eigenvalue weighted by Crippen LogP contribution is 2.27. The smallest absolute Gasteiger partial charge is 0.223 e. The maximum Gasteiger partial charge on any atom is 0.223 e. The van der Waals surface area contributed by atoms with Crippen molar-refractivity contribution < 1.29 is 9.53 Å². The number of rotatable bonds is 6. The van der Waals surface area contributed by atoms with Gasteiger partial charge in [-0.05, 0) is 17.9 Å². The molecule has 1 N–H and O–H groups in total. The molecule has 22 heavy (non-hydrogen) atoms. The van der Waals surface area contributed by atoms with Crippen molar-refractivity contribution in [2.24, 2.45) is 5.92 Å². The number of imidazole rings is 1. The summed E-state index contributed by atoms with van der Waals surface area (Å²) in [6.45, 7) is 2.11. The SMILES string of the molecule is COCCN1CC(Cc2ccccc2-c2cnc[nH]2)CC1=O. The molecule has 0 bridgehead atoms. The van der Waals surface area contributed by atoms with Crippen molar-refractivity contribution in [2.75, 3.05) is 26.8 Å². The number of carbonyl (C=O) groups is 1. The van der Waals surface area contributed by atoms with Crippen LogP contribution in [0.15, 0.2) is 36.8 Å². The molecule has 1 saturated heterocycles. The fourth-order valence-corrected chi connectivity index (χ4v) is 3.08. The summed E-state index contributed by atoms with van der Waals surface area (Å²) in [5.41, 5.74) is 3.46. The first-order chi connectivity index (χ1) is 10.8. The summed E-state index contributed by atoms with van der Waals surface area (Å²) < 4.78 is 5.07. The summed E-state index contributed by atoms with van der Waals surface area (Å²) in [6, 6.07) is 8.32. The van der Waals surface area contributed by atoms with Crippen molar-refractivity contribution in [3.05, 3.63) is 42.4 Å². The van der Waals surface area contributed by atoms with Crippen LogP contribution in [-0.4, -0.2) is 47.6 Å². The number of ether oxygens (including phenoxy) is 1. The van der Waals surface area contributed by atoms with E-state index in [4.69, 9.17) is 4.74 Å². The molecule has 0 saturated carbocycles. The molecule has 1 atom stereocenters. The molecule has 5 nitrogen and oxygen atoms in total. The number of nitrogens with one attached hydrogen (secondary N) is 1. The Morgan fingerprint density at radius 2 is 2.27 bits per heavy atom. The van der Waals surface area contributed by atoms with Crippen molar-refractivity contribution in [1.82, 2.24) is 14.9 Å². The van der Waals surface area contributed by atoms with E-state index in [1.54, 1.807) is 13.4 Å². The second-order valence-electron chi connectivity index (χ2n) is 5.73. The average Bonchev–Trinajstić information content (AvgIpc) is 3.16. The van der Waals surface area contributed by atoms with E-state index in [0.717, 1.165) is 18.7 Å². The lowest BCUT2D eigenvalue weighted by Crippen LogP contribution is -2.28. The van der Waals surface area contributed by atoms with Crippen molar-refractivity contribution >= 4 is 5.91 Å². The molecule has 1 amide bonds. The number of aromatic nitrogens is 2. The summed E-state index contributed by atoms with van der Waals surface area (Å²) >= 11 is 0. The molecule has 116 valence electrons. The fourth-order valence-electron chi connectivity index (χ4n) is 3.08. The zero-order valence-electron chi connectivity index (χ0n) is 12.8. The molecule has 2 heterocycles. The highest BCUT2D eigenvalue weighted by Gasteiger charge is 2.29. The molecule has 0 aliphatic carbocycles. The standard InChI is InChI=1S/C17H21N3O2/c1-22-7-6-20-11-13(9-17(20)21)8-14-4-2-3-5-15(14)16-10-18-12-19-16/h2-5,10,12-13H,6-9,11H2,1H3,(H,18,19). The third-order valence-corrected chi connectivity index (χ3v) is 4.17. The van der Waals surface area contributed by atoms with Gasteiger partial charge in [0.05, 0.1) is 24.8 Å². The van der Waals surface area contributed by atoms with Crippen LogP contribution in [0.25, 0.3) is 11.3 Å². The van der Waals surface area contributed by atoms with Gasteiger partial charge in [0, 0.05) is 32.2 Å². The molecule has 0 radical (unpaired) electrons. The van der Waals surface area contributed by atoms with Crippen LogP contribution in [0, 0.1) is 5.92 Å². The Labute approximate surface area is 130 Å². The first kappa shape index (κ1) is 14.8. The normalized spacial score (nSPS) is 18.1. The van der Waals surface area contributed by atoms with Crippen LogP contribution < -0.4 is 0 Å². The number of aromatic amines is 1. The van der Waals surface area contributed by atoms with Crippen LogP contribution in [0.5, 0.6) is 0 Å². The second-order valence-corrected chi connectivity index (χ2v) is 5.73. The zero-order valence-corrected chi connectivity index (χ0v) is 12.8. The Morgan fingerprint density at radius 3 is 3.05 bits per heavy atom. The van der Waals surface area contributed by atoms with Gasteiger partial charge in [-0.2, -0.15) is 0 Å². The van der Waals surface area contributed by atoms with Gasteiger partial charge in [0.25, 0.3) is 0 Å². The predicted octanol–water partition coefficient (Wildman–Crippen LogP) is 2.11. The van der Waals surface area contributed by atoms with Crippen molar-refractivity contribution in [3.8, 4) is 11.3 Å². The molecule has 1 unspecified atom stereocenters. The van der Waals surface area contributed by atoms with Gasteiger partial charge in [-0.3, -0.25) is 4.79 Å². The van der Waals surface area contributed by atoms with Gasteiger partial charge in [0.1, 0.15) is 0 Å². The van der Waals surface area contributed by atoms with Crippen molar-refractivity contribution in [3.63, 3.8) is 0 Å². The van der Waals surface area contributed by atoms with Crippen LogP contribution in [0.4, 0.5) is 0 Å². The largest absolute Gasteiger partial charge is 0.383 e. The van der Waals surface area contributed by atoms with Crippen LogP contribution in [0.1, 0.15) is 12.0 Å². The van der Waals surface area contributed by atoms with Crippen LogP contribution >= 0.6 is 0 Å². The predicted molar refractivity (Wildman–Crippen MR) is 84.3 cm³/mol. The maximum atomic E-state index is 12.0. The number of benzene rings is 1. The minimum atomic E-state index is 0.237. The molecule has 5 heteroatoms. The summed E-state index contributed by atoms with van der Waals surface area (Å²) in [7, 11) is 1.67. The minimum Gasteiger partial charge on any atom is -0.383 e. The maximum absolute atomic E-state index is 12.0. The Hall–Kier alpha value is -2.14. The molecule has 1 aliphatic heterocycles. The Kier molecular flexibility index (Phi) is 4.53. The highest BCUT2D eigenvalue weighted by molar-refractivity contribution is 5.78. The summed E-state index contributed by atoms with van der Waals surface area (Å²) in [5, 5.41) is 0. The quantitative estimate of drug-likeness (QED) is 0.889. The number of likely N-dealkylation sites (tertiary alicyclic amines) is 1. The molecule has 1 aromatic carbocycles. The number of amides is 1. The summed E-state index contributed by atoms with van der Waals surface area (Å²) in [4.78, 5) is 21.2. The Morgan fingerprint density at radius 1 is 1.41 bits per heavy atom. The molecule has 2 aromatic rings. The average molecular weight is 299 g/mol. The van der Waals surface area contributed by atoms with Crippen molar-refractivity contribution in [2.45, 2.75) is 12.8 Å². The molecule has 1 aromatic heterocycles. The topological polar surface area (TPSA) is 58.2 Å². The molecule has 3 rings (SSSR count). The Balaban J connectivity index is 1.71. The van der Waals surface area contributed by atoms with Gasteiger partial charge in [-0.25, -0.2) is 4.98 Å². The molecular weight excluding hydrogens is 278 g/mol. The van der Waals surface area contributed by atoms with E-state index in [9.17, 15) is 4.79 Å². The first-order valence-electron chi connectivity index (χ1n) is 7.61. The van der Waals surface area contributed by atoms with Crippen LogP contribution in [0.3, 0.4) is 0 Å². The Bertz CT molecular complexity index is 625. The van der Waals surface area contributed by atoms with E-state index in [2.05, 4.69) is 28.2 Å². The summed E-state index contributed by atoms with van der Waals surface area (Å²) in [6.07, 6.45) is 5.06. The van der Waals surface area contributed by atoms with Gasteiger partial charge in [-0.1, -0.05) is 24.3 Å². The minimum absolute atomic E-state index is 0.237. The molecule has 1 fully saturated rings. The fraction of sp³-hybridized carbons (Fsp3) is 0.412. The number of hydrogen-bond donors (Lipinski definition) is 1. The molecular formula is C17H21N3O2. The number of methoxy groups -OCH3 is 1. The van der Waals surface area contributed by atoms with E-state index in [-0.39, 0.29) is 5.91 Å². The van der Waals surface area contributed by atoms with Crippen LogP contribution in [-0.2, 0) is 16.0 Å². The lowest BCUT2D eigenvalue weighted by Gasteiger charge is -2.16. The van der Waals surface area contributed by atoms with E-state index in [1.165, 1.54) is 11.1 Å². The lowest BCUT2D eigenvalue weighted by atomic mass is 9.94. The van der Waals surface area contributed by atoms with Gasteiger partial charge >= 0.3 is 0 Å². The lowest BCUT2D eigenvalue weighted by molar-refractivity contribution is -0.128. The number of carbonyl (C=O) groups excluding carboxylic acids is 1. The van der Waals surface area contributed by atoms with Gasteiger partial charge in [-0.15, -0.1) is 0 Å². The second kappa shape index (κ2) is 6.75. The number of H-pyrrole nitrogens is 1. The highest BCUT2D eigenvalue weighted by atomic mass is 16.5. The van der Waals surface area contributed by atoms with E-state index >= 15 is 0 Å².